The zero-order valence-electron chi connectivity index (χ0n) is 12.5. The molecular weight excluding hydrogens is 274 g/mol. The van der Waals surface area contributed by atoms with Crippen LogP contribution in [0.1, 0.15) is 11.1 Å². The van der Waals surface area contributed by atoms with E-state index in [-0.39, 0.29) is 12.5 Å². The molecule has 0 unspecified atom stereocenters. The van der Waals surface area contributed by atoms with Crippen molar-refractivity contribution in [2.75, 3.05) is 11.9 Å². The number of rotatable bonds is 6. The van der Waals surface area contributed by atoms with Gasteiger partial charge in [-0.1, -0.05) is 48.0 Å². The Labute approximate surface area is 130 Å². The van der Waals surface area contributed by atoms with Gasteiger partial charge in [0.1, 0.15) is 0 Å². The van der Waals surface area contributed by atoms with Crippen LogP contribution in [0.15, 0.2) is 54.6 Å². The maximum atomic E-state index is 12.4. The summed E-state index contributed by atoms with van der Waals surface area (Å²) in [6.45, 7) is 2.14. The first-order valence-corrected chi connectivity index (χ1v) is 7.21. The van der Waals surface area contributed by atoms with Gasteiger partial charge in [0.25, 0.3) is 0 Å². The lowest BCUT2D eigenvalue weighted by Gasteiger charge is -2.17. The lowest BCUT2D eigenvalue weighted by Crippen LogP contribution is -2.42. The number of nitriles is 1. The molecule has 0 aliphatic heterocycles. The van der Waals surface area contributed by atoms with Gasteiger partial charge in [0.05, 0.1) is 18.7 Å². The van der Waals surface area contributed by atoms with Gasteiger partial charge in [-0.25, -0.2) is 0 Å². The second-order valence-corrected chi connectivity index (χ2v) is 5.14. The molecule has 0 saturated heterocycles. The van der Waals surface area contributed by atoms with Crippen LogP contribution >= 0.6 is 0 Å². The van der Waals surface area contributed by atoms with Gasteiger partial charge in [-0.15, -0.1) is 0 Å². The molecule has 2 rings (SSSR count). The average Bonchev–Trinajstić information content (AvgIpc) is 2.54. The molecule has 0 radical (unpaired) electrons. The van der Waals surface area contributed by atoms with Crippen LogP contribution in [0.2, 0.25) is 0 Å². The first kappa shape index (κ1) is 15.7. The number of hydrogen-bond donors (Lipinski definition) is 2. The SMILES string of the molecule is Cc1ccc(NC(=O)[C@H](Cc2ccccc2)NCC#N)cc1. The van der Waals surface area contributed by atoms with Crippen molar-refractivity contribution in [3.8, 4) is 6.07 Å². The third-order valence-electron chi connectivity index (χ3n) is 3.35. The van der Waals surface area contributed by atoms with Gasteiger partial charge in [0, 0.05) is 5.69 Å². The number of carbonyl (C=O) groups excluding carboxylic acids is 1. The van der Waals surface area contributed by atoms with E-state index in [0.29, 0.717) is 6.42 Å². The first-order chi connectivity index (χ1) is 10.7. The lowest BCUT2D eigenvalue weighted by molar-refractivity contribution is -0.118. The topological polar surface area (TPSA) is 64.9 Å². The number of anilines is 1. The molecule has 2 aromatic carbocycles. The van der Waals surface area contributed by atoms with E-state index in [1.165, 1.54) is 0 Å². The van der Waals surface area contributed by atoms with E-state index >= 15 is 0 Å². The highest BCUT2D eigenvalue weighted by atomic mass is 16.2. The van der Waals surface area contributed by atoms with E-state index in [2.05, 4.69) is 10.6 Å². The fourth-order valence-electron chi connectivity index (χ4n) is 2.14. The van der Waals surface area contributed by atoms with Crippen molar-refractivity contribution < 1.29 is 4.79 Å². The highest BCUT2D eigenvalue weighted by Gasteiger charge is 2.18. The van der Waals surface area contributed by atoms with Crippen molar-refractivity contribution in [1.82, 2.24) is 5.32 Å². The molecular formula is C18H19N3O. The average molecular weight is 293 g/mol. The Bertz CT molecular complexity index is 644. The molecule has 0 aromatic heterocycles. The lowest BCUT2D eigenvalue weighted by atomic mass is 10.1. The van der Waals surface area contributed by atoms with Crippen molar-refractivity contribution in [3.05, 3.63) is 65.7 Å². The molecule has 112 valence electrons. The molecule has 0 aliphatic rings. The normalized spacial score (nSPS) is 11.5. The van der Waals surface area contributed by atoms with Crippen molar-refractivity contribution in [2.24, 2.45) is 0 Å². The Morgan fingerprint density at radius 1 is 1.14 bits per heavy atom. The largest absolute Gasteiger partial charge is 0.325 e. The zero-order valence-corrected chi connectivity index (χ0v) is 12.5. The molecule has 0 heterocycles. The van der Waals surface area contributed by atoms with Crippen LogP contribution in [-0.2, 0) is 11.2 Å². The third-order valence-corrected chi connectivity index (χ3v) is 3.35. The Morgan fingerprint density at radius 2 is 1.82 bits per heavy atom. The number of aryl methyl sites for hydroxylation is 1. The van der Waals surface area contributed by atoms with Crippen molar-refractivity contribution in [2.45, 2.75) is 19.4 Å². The number of nitrogens with zero attached hydrogens (tertiary/aromatic N) is 1. The quantitative estimate of drug-likeness (QED) is 0.805. The highest BCUT2D eigenvalue weighted by Crippen LogP contribution is 2.10. The summed E-state index contributed by atoms with van der Waals surface area (Å²) < 4.78 is 0. The molecule has 1 amide bonds. The van der Waals surface area contributed by atoms with Gasteiger partial charge in [-0.2, -0.15) is 5.26 Å². The maximum absolute atomic E-state index is 12.4. The van der Waals surface area contributed by atoms with Gasteiger partial charge in [-0.3, -0.25) is 10.1 Å². The molecule has 0 bridgehead atoms. The van der Waals surface area contributed by atoms with E-state index in [9.17, 15) is 4.79 Å². The molecule has 0 spiro atoms. The van der Waals surface area contributed by atoms with Gasteiger partial charge in [0.15, 0.2) is 0 Å². The molecule has 2 aromatic rings. The summed E-state index contributed by atoms with van der Waals surface area (Å²) in [7, 11) is 0. The van der Waals surface area contributed by atoms with Crippen molar-refractivity contribution >= 4 is 11.6 Å². The maximum Gasteiger partial charge on any atom is 0.241 e. The predicted molar refractivity (Wildman–Crippen MR) is 87.4 cm³/mol. The number of hydrogen-bond acceptors (Lipinski definition) is 3. The van der Waals surface area contributed by atoms with Crippen molar-refractivity contribution in [1.29, 1.82) is 5.26 Å². The summed E-state index contributed by atoms with van der Waals surface area (Å²) >= 11 is 0. The van der Waals surface area contributed by atoms with Gasteiger partial charge >= 0.3 is 0 Å². The Hall–Kier alpha value is -2.64. The molecule has 1 atom stereocenters. The van der Waals surface area contributed by atoms with E-state index in [4.69, 9.17) is 5.26 Å². The molecule has 0 fully saturated rings. The minimum Gasteiger partial charge on any atom is -0.325 e. The third kappa shape index (κ3) is 4.72. The van der Waals surface area contributed by atoms with E-state index in [1.807, 2.05) is 67.6 Å². The Morgan fingerprint density at radius 3 is 2.45 bits per heavy atom. The monoisotopic (exact) mass is 293 g/mol. The minimum atomic E-state index is -0.441. The molecule has 0 aliphatic carbocycles. The number of nitrogens with one attached hydrogen (secondary N) is 2. The van der Waals surface area contributed by atoms with E-state index in [1.54, 1.807) is 0 Å². The van der Waals surface area contributed by atoms with Crippen LogP contribution in [0.5, 0.6) is 0 Å². The first-order valence-electron chi connectivity index (χ1n) is 7.21. The van der Waals surface area contributed by atoms with Crippen LogP contribution in [0.25, 0.3) is 0 Å². The van der Waals surface area contributed by atoms with E-state index < -0.39 is 6.04 Å². The number of amides is 1. The Balaban J connectivity index is 2.05. The zero-order chi connectivity index (χ0) is 15.8. The fourth-order valence-corrected chi connectivity index (χ4v) is 2.14. The molecule has 2 N–H and O–H groups in total. The van der Waals surface area contributed by atoms with Crippen molar-refractivity contribution in [3.63, 3.8) is 0 Å². The smallest absolute Gasteiger partial charge is 0.241 e. The van der Waals surface area contributed by atoms with E-state index in [0.717, 1.165) is 16.8 Å². The summed E-state index contributed by atoms with van der Waals surface area (Å²) in [6.07, 6.45) is 0.542. The van der Waals surface area contributed by atoms with Gasteiger partial charge in [0.2, 0.25) is 5.91 Å². The van der Waals surface area contributed by atoms with Gasteiger partial charge in [-0.05, 0) is 31.0 Å². The summed E-state index contributed by atoms with van der Waals surface area (Å²) in [4.78, 5) is 12.4. The summed E-state index contributed by atoms with van der Waals surface area (Å²) in [5.41, 5.74) is 2.95. The number of carbonyl (C=O) groups is 1. The van der Waals surface area contributed by atoms with Crippen LogP contribution in [0.4, 0.5) is 5.69 Å². The Kier molecular flexibility index (Phi) is 5.70. The molecule has 22 heavy (non-hydrogen) atoms. The highest BCUT2D eigenvalue weighted by molar-refractivity contribution is 5.95. The fraction of sp³-hybridized carbons (Fsp3) is 0.222. The second-order valence-electron chi connectivity index (χ2n) is 5.14. The minimum absolute atomic E-state index is 0.136. The molecule has 0 saturated carbocycles. The summed E-state index contributed by atoms with van der Waals surface area (Å²) in [5, 5.41) is 14.6. The van der Waals surface area contributed by atoms with Crippen LogP contribution < -0.4 is 10.6 Å². The molecule has 4 heteroatoms. The predicted octanol–water partition coefficient (Wildman–Crippen LogP) is 2.66. The summed E-state index contributed by atoms with van der Waals surface area (Å²) in [5.74, 6) is -0.136. The van der Waals surface area contributed by atoms with Gasteiger partial charge < -0.3 is 5.32 Å². The number of benzene rings is 2. The van der Waals surface area contributed by atoms with Crippen LogP contribution in [-0.4, -0.2) is 18.5 Å². The van der Waals surface area contributed by atoms with Crippen LogP contribution in [0, 0.1) is 18.3 Å². The second kappa shape index (κ2) is 7.96. The van der Waals surface area contributed by atoms with Crippen LogP contribution in [0.3, 0.4) is 0 Å². The summed E-state index contributed by atoms with van der Waals surface area (Å²) in [6, 6.07) is 19.0. The molecule has 4 nitrogen and oxygen atoms in total. The standard InChI is InChI=1S/C18H19N3O/c1-14-7-9-16(10-8-14)21-18(22)17(20-12-11-19)13-15-5-3-2-4-6-15/h2-10,17,20H,12-13H2,1H3,(H,21,22)/t17-/m0/s1.